The van der Waals surface area contributed by atoms with Crippen LogP contribution in [0.1, 0.15) is 38.7 Å². The lowest BCUT2D eigenvalue weighted by atomic mass is 9.85. The number of nitrogens with zero attached hydrogens (tertiary/aromatic N) is 4. The Labute approximate surface area is 160 Å². The van der Waals surface area contributed by atoms with Crippen molar-refractivity contribution in [2.45, 2.75) is 45.7 Å². The molecule has 0 bridgehead atoms. The number of aryl methyl sites for hydroxylation is 1. The summed E-state index contributed by atoms with van der Waals surface area (Å²) in [6.45, 7) is 4.40. The zero-order chi connectivity index (χ0) is 19.7. The molecule has 1 aliphatic heterocycles. The third-order valence-corrected chi connectivity index (χ3v) is 5.39. The lowest BCUT2D eigenvalue weighted by Gasteiger charge is -2.30. The second-order valence-electron chi connectivity index (χ2n) is 8.06. The lowest BCUT2D eigenvalue weighted by Crippen LogP contribution is -2.50. The number of hydrogen-bond acceptors (Lipinski definition) is 4. The molecule has 0 N–H and O–H groups in total. The number of fused-ring (bicyclic) bond motifs is 1. The van der Waals surface area contributed by atoms with E-state index in [9.17, 15) is 14.4 Å². The van der Waals surface area contributed by atoms with Crippen LogP contribution in [0.2, 0.25) is 0 Å². The van der Waals surface area contributed by atoms with E-state index in [1.807, 2.05) is 39.2 Å². The van der Waals surface area contributed by atoms with Crippen molar-refractivity contribution in [3.63, 3.8) is 0 Å². The number of likely N-dealkylation sites (tertiary alicyclic amines) is 1. The highest BCUT2D eigenvalue weighted by molar-refractivity contribution is 6.08. The first-order valence-electron chi connectivity index (χ1n) is 9.54. The first-order chi connectivity index (χ1) is 12.8. The van der Waals surface area contributed by atoms with Gasteiger partial charge in [0.05, 0.1) is 18.0 Å². The molecular weight excluding hydrogens is 344 g/mol. The van der Waals surface area contributed by atoms with E-state index >= 15 is 0 Å². The van der Waals surface area contributed by atoms with Crippen molar-refractivity contribution in [2.24, 2.45) is 24.8 Å². The Morgan fingerprint density at radius 3 is 2.30 bits per heavy atom. The quantitative estimate of drug-likeness (QED) is 0.563. The van der Waals surface area contributed by atoms with Crippen molar-refractivity contribution in [3.05, 3.63) is 30.1 Å². The van der Waals surface area contributed by atoms with Crippen LogP contribution in [0.3, 0.4) is 0 Å². The Morgan fingerprint density at radius 2 is 1.81 bits per heavy atom. The largest absolute Gasteiger partial charge is 0.340 e. The average molecular weight is 372 g/mol. The predicted molar refractivity (Wildman–Crippen MR) is 100 cm³/mol. The van der Waals surface area contributed by atoms with Crippen LogP contribution in [0.15, 0.2) is 24.5 Å². The monoisotopic (exact) mass is 372 g/mol. The molecule has 0 spiro atoms. The number of amides is 3. The number of aromatic nitrogens is 2. The van der Waals surface area contributed by atoms with Crippen molar-refractivity contribution in [3.8, 4) is 0 Å². The molecule has 0 radical (unpaired) electrons. The normalized spacial score (nSPS) is 23.1. The first-order valence-corrected chi connectivity index (χ1v) is 9.54. The molecule has 2 heterocycles. The van der Waals surface area contributed by atoms with E-state index in [4.69, 9.17) is 0 Å². The molecule has 3 atom stereocenters. The van der Waals surface area contributed by atoms with Crippen LogP contribution >= 0.6 is 0 Å². The maximum Gasteiger partial charge on any atom is 0.245 e. The van der Waals surface area contributed by atoms with Gasteiger partial charge >= 0.3 is 0 Å². The van der Waals surface area contributed by atoms with Crippen LogP contribution in [0, 0.1) is 17.8 Å². The molecule has 3 rings (SSSR count). The summed E-state index contributed by atoms with van der Waals surface area (Å²) in [6.07, 6.45) is 9.13. The minimum Gasteiger partial charge on any atom is -0.340 e. The zero-order valence-electron chi connectivity index (χ0n) is 16.5. The summed E-state index contributed by atoms with van der Waals surface area (Å²) < 4.78 is 1.68. The van der Waals surface area contributed by atoms with E-state index in [1.54, 1.807) is 22.8 Å². The Kier molecular flexibility index (Phi) is 5.48. The summed E-state index contributed by atoms with van der Waals surface area (Å²) in [5.74, 6) is -1.01. The Bertz CT molecular complexity index is 741. The fourth-order valence-corrected chi connectivity index (χ4v) is 4.06. The van der Waals surface area contributed by atoms with Crippen LogP contribution < -0.4 is 0 Å². The number of imide groups is 1. The van der Waals surface area contributed by atoms with Gasteiger partial charge in [-0.3, -0.25) is 24.0 Å². The smallest absolute Gasteiger partial charge is 0.245 e. The van der Waals surface area contributed by atoms with Gasteiger partial charge in [-0.1, -0.05) is 26.0 Å². The highest BCUT2D eigenvalue weighted by atomic mass is 16.2. The summed E-state index contributed by atoms with van der Waals surface area (Å²) in [7, 11) is 3.53. The predicted octanol–water partition coefficient (Wildman–Crippen LogP) is 1.74. The first kappa shape index (κ1) is 19.3. The molecule has 1 aliphatic carbocycles. The van der Waals surface area contributed by atoms with Gasteiger partial charge < -0.3 is 4.90 Å². The van der Waals surface area contributed by atoms with Crippen molar-refractivity contribution in [1.29, 1.82) is 0 Å². The van der Waals surface area contributed by atoms with Crippen LogP contribution in [0.5, 0.6) is 0 Å². The zero-order valence-corrected chi connectivity index (χ0v) is 16.5. The molecule has 0 saturated carbocycles. The Balaban J connectivity index is 1.81. The van der Waals surface area contributed by atoms with Gasteiger partial charge in [-0.25, -0.2) is 0 Å². The fraction of sp³-hybridized carbons (Fsp3) is 0.600. The second-order valence-corrected chi connectivity index (χ2v) is 8.06. The van der Waals surface area contributed by atoms with E-state index in [1.165, 1.54) is 4.90 Å². The molecule has 1 fully saturated rings. The Morgan fingerprint density at radius 1 is 1.22 bits per heavy atom. The van der Waals surface area contributed by atoms with E-state index in [2.05, 4.69) is 5.10 Å². The van der Waals surface area contributed by atoms with Crippen molar-refractivity contribution < 1.29 is 14.4 Å². The van der Waals surface area contributed by atoms with Gasteiger partial charge in [-0.05, 0) is 25.2 Å². The van der Waals surface area contributed by atoms with Gasteiger partial charge in [-0.2, -0.15) is 5.10 Å². The molecule has 3 amide bonds. The van der Waals surface area contributed by atoms with E-state index < -0.39 is 6.04 Å². The molecule has 7 nitrogen and oxygen atoms in total. The summed E-state index contributed by atoms with van der Waals surface area (Å²) in [5.41, 5.74) is 0.911. The molecule has 0 aromatic carbocycles. The highest BCUT2D eigenvalue weighted by Gasteiger charge is 2.51. The van der Waals surface area contributed by atoms with Gasteiger partial charge in [-0.15, -0.1) is 0 Å². The number of carbonyl (C=O) groups excluding carboxylic acids is 3. The van der Waals surface area contributed by atoms with Crippen LogP contribution in [0.4, 0.5) is 0 Å². The van der Waals surface area contributed by atoms with E-state index in [0.717, 1.165) is 5.56 Å². The molecule has 1 aromatic heterocycles. The summed E-state index contributed by atoms with van der Waals surface area (Å²) in [4.78, 5) is 42.0. The maximum absolute atomic E-state index is 13.2. The molecule has 146 valence electrons. The highest BCUT2D eigenvalue weighted by Crippen LogP contribution is 2.37. The second kappa shape index (κ2) is 7.66. The van der Waals surface area contributed by atoms with E-state index in [0.29, 0.717) is 25.8 Å². The fourth-order valence-electron chi connectivity index (χ4n) is 4.06. The number of carbonyl (C=O) groups is 3. The number of rotatable bonds is 6. The molecule has 2 aliphatic rings. The van der Waals surface area contributed by atoms with Gasteiger partial charge in [0.15, 0.2) is 0 Å². The standard InChI is InChI=1S/C20H28N4O3/c1-13(2)9-17(20(27)22(3)11-14-10-21-23(4)12-14)24-18(25)15-7-5-6-8-16(15)19(24)26/h5-6,10,12-13,15-17H,7-9,11H2,1-4H3/t15-,16-,17-/m1/s1. The third kappa shape index (κ3) is 3.82. The molecular formula is C20H28N4O3. The minimum absolute atomic E-state index is 0.187. The van der Waals surface area contributed by atoms with Crippen molar-refractivity contribution in [1.82, 2.24) is 19.6 Å². The maximum atomic E-state index is 13.2. The van der Waals surface area contributed by atoms with Gasteiger partial charge in [0.25, 0.3) is 0 Å². The molecule has 27 heavy (non-hydrogen) atoms. The third-order valence-electron chi connectivity index (χ3n) is 5.39. The molecule has 0 unspecified atom stereocenters. The van der Waals surface area contributed by atoms with Crippen molar-refractivity contribution in [2.75, 3.05) is 7.05 Å². The summed E-state index contributed by atoms with van der Waals surface area (Å²) in [6, 6.07) is -0.739. The van der Waals surface area contributed by atoms with Gasteiger partial charge in [0.1, 0.15) is 6.04 Å². The molecule has 7 heteroatoms. The van der Waals surface area contributed by atoms with Crippen molar-refractivity contribution >= 4 is 17.7 Å². The summed E-state index contributed by atoms with van der Waals surface area (Å²) in [5, 5.41) is 4.13. The molecule has 1 aromatic rings. The lowest BCUT2D eigenvalue weighted by molar-refractivity contribution is -0.152. The van der Waals surface area contributed by atoms with Gasteiger partial charge in [0, 0.05) is 32.4 Å². The van der Waals surface area contributed by atoms with E-state index in [-0.39, 0.29) is 35.5 Å². The molecule has 1 saturated heterocycles. The van der Waals surface area contributed by atoms with Crippen LogP contribution in [-0.2, 0) is 28.0 Å². The number of hydrogen-bond donors (Lipinski definition) is 0. The topological polar surface area (TPSA) is 75.5 Å². The van der Waals surface area contributed by atoms with Crippen LogP contribution in [-0.4, -0.2) is 50.4 Å². The van der Waals surface area contributed by atoms with Gasteiger partial charge in [0.2, 0.25) is 17.7 Å². The number of allylic oxidation sites excluding steroid dienone is 2. The Hall–Kier alpha value is -2.44. The van der Waals surface area contributed by atoms with Crippen LogP contribution in [0.25, 0.3) is 0 Å². The SMILES string of the molecule is CC(C)C[C@H](C(=O)N(C)Cc1cnn(C)c1)N1C(=O)[C@@H]2CC=CC[C@H]2C1=O. The number of likely N-dealkylation sites (N-methyl/N-ethyl adjacent to an activating group) is 1. The summed E-state index contributed by atoms with van der Waals surface area (Å²) >= 11 is 0. The minimum atomic E-state index is -0.739. The average Bonchev–Trinajstić information content (AvgIpc) is 3.14.